The Hall–Kier alpha value is -1.72. The van der Waals surface area contributed by atoms with Gasteiger partial charge in [-0.3, -0.25) is 0 Å². The van der Waals surface area contributed by atoms with Crippen molar-refractivity contribution >= 4 is 16.8 Å². The van der Waals surface area contributed by atoms with Crippen molar-refractivity contribution in [3.05, 3.63) is 23.8 Å². The number of halogens is 3. The van der Waals surface area contributed by atoms with Gasteiger partial charge in [-0.2, -0.15) is 13.2 Å². The molecule has 0 aliphatic rings. The highest BCUT2D eigenvalue weighted by molar-refractivity contribution is 5.87. The highest BCUT2D eigenvalue weighted by Gasteiger charge is 2.27. The molecule has 2 rings (SSSR count). The molecule has 0 amide bonds. The Bertz CT molecular complexity index is 490. The number of nitrogen functional groups attached to an aromatic ring is 1. The summed E-state index contributed by atoms with van der Waals surface area (Å²) in [5.74, 6) is 0.106. The van der Waals surface area contributed by atoms with Gasteiger partial charge in [-0.1, -0.05) is 11.2 Å². The number of nitrogens with two attached hydrogens (primary N) is 1. The van der Waals surface area contributed by atoms with Crippen LogP contribution in [-0.4, -0.2) is 11.3 Å². The molecule has 0 radical (unpaired) electrons. The summed E-state index contributed by atoms with van der Waals surface area (Å²) in [4.78, 5) is 0. The van der Waals surface area contributed by atoms with Gasteiger partial charge in [0, 0.05) is 0 Å². The van der Waals surface area contributed by atoms with Crippen LogP contribution in [0.5, 0.6) is 0 Å². The van der Waals surface area contributed by atoms with Crippen LogP contribution >= 0.6 is 0 Å². The van der Waals surface area contributed by atoms with Crippen molar-refractivity contribution in [2.75, 3.05) is 5.73 Å². The fourth-order valence-corrected chi connectivity index (χ4v) is 1.35. The zero-order chi connectivity index (χ0) is 11.1. The van der Waals surface area contributed by atoms with Crippen LogP contribution in [0.4, 0.5) is 19.0 Å². The van der Waals surface area contributed by atoms with E-state index in [-0.39, 0.29) is 11.4 Å². The lowest BCUT2D eigenvalue weighted by molar-refractivity contribution is -0.127. The predicted molar refractivity (Wildman–Crippen MR) is 48.2 cm³/mol. The second-order valence-electron chi connectivity index (χ2n) is 3.19. The standard InChI is InChI=1S/C9H7F3N2O/c10-9(11,12)4-5-1-2-7-6(3-5)8(13)14-15-7/h1-3H,4H2,(H2,13,14). The molecule has 0 atom stereocenters. The van der Waals surface area contributed by atoms with E-state index in [4.69, 9.17) is 10.3 Å². The number of nitrogens with zero attached hydrogens (tertiary/aromatic N) is 1. The van der Waals surface area contributed by atoms with E-state index in [0.29, 0.717) is 11.0 Å². The van der Waals surface area contributed by atoms with Crippen LogP contribution in [0.3, 0.4) is 0 Å². The summed E-state index contributed by atoms with van der Waals surface area (Å²) in [6, 6.07) is 4.12. The Morgan fingerprint density at radius 1 is 1.33 bits per heavy atom. The molecule has 80 valence electrons. The molecule has 0 unspecified atom stereocenters. The van der Waals surface area contributed by atoms with E-state index in [9.17, 15) is 13.2 Å². The Labute approximate surface area is 82.6 Å². The minimum atomic E-state index is -4.22. The lowest BCUT2D eigenvalue weighted by atomic mass is 10.1. The van der Waals surface area contributed by atoms with E-state index in [0.717, 1.165) is 0 Å². The molecule has 0 bridgehead atoms. The zero-order valence-electron chi connectivity index (χ0n) is 7.51. The molecule has 6 heteroatoms. The molecule has 0 aliphatic heterocycles. The first-order chi connectivity index (χ1) is 6.96. The van der Waals surface area contributed by atoms with Gasteiger partial charge in [0.2, 0.25) is 0 Å². The van der Waals surface area contributed by atoms with Crippen molar-refractivity contribution < 1.29 is 17.7 Å². The number of anilines is 1. The third kappa shape index (κ3) is 2.03. The van der Waals surface area contributed by atoms with Crippen molar-refractivity contribution in [2.24, 2.45) is 0 Å². The molecule has 2 N–H and O–H groups in total. The van der Waals surface area contributed by atoms with Gasteiger partial charge in [0.15, 0.2) is 11.4 Å². The second-order valence-corrected chi connectivity index (χ2v) is 3.19. The molecular weight excluding hydrogens is 209 g/mol. The van der Waals surface area contributed by atoms with Crippen molar-refractivity contribution in [1.82, 2.24) is 5.16 Å². The van der Waals surface area contributed by atoms with Crippen molar-refractivity contribution in [3.8, 4) is 0 Å². The molecule has 0 fully saturated rings. The molecule has 0 aliphatic carbocycles. The fourth-order valence-electron chi connectivity index (χ4n) is 1.35. The molecule has 1 heterocycles. The van der Waals surface area contributed by atoms with Crippen molar-refractivity contribution in [1.29, 1.82) is 0 Å². The quantitative estimate of drug-likeness (QED) is 0.796. The number of fused-ring (bicyclic) bond motifs is 1. The van der Waals surface area contributed by atoms with E-state index in [1.807, 2.05) is 0 Å². The monoisotopic (exact) mass is 216 g/mol. The van der Waals surface area contributed by atoms with E-state index in [1.165, 1.54) is 18.2 Å². The number of rotatable bonds is 1. The van der Waals surface area contributed by atoms with Gasteiger partial charge in [-0.15, -0.1) is 0 Å². The molecule has 15 heavy (non-hydrogen) atoms. The minimum absolute atomic E-state index is 0.106. The maximum Gasteiger partial charge on any atom is 0.393 e. The number of benzene rings is 1. The molecule has 0 saturated carbocycles. The number of aromatic nitrogens is 1. The fraction of sp³-hybridized carbons (Fsp3) is 0.222. The summed E-state index contributed by atoms with van der Waals surface area (Å²) in [5, 5.41) is 3.87. The maximum absolute atomic E-state index is 12.1. The van der Waals surface area contributed by atoms with Gasteiger partial charge in [0.1, 0.15) is 0 Å². The average Bonchev–Trinajstić information content (AvgIpc) is 2.45. The zero-order valence-corrected chi connectivity index (χ0v) is 7.51. The summed E-state index contributed by atoms with van der Waals surface area (Å²) in [7, 11) is 0. The van der Waals surface area contributed by atoms with Crippen LogP contribution < -0.4 is 5.73 Å². The lowest BCUT2D eigenvalue weighted by Crippen LogP contribution is -2.11. The predicted octanol–water partition coefficient (Wildman–Crippen LogP) is 2.51. The van der Waals surface area contributed by atoms with E-state index in [2.05, 4.69) is 5.16 Å². The summed E-state index contributed by atoms with van der Waals surface area (Å²) in [6.07, 6.45) is -5.20. The normalized spacial score (nSPS) is 12.2. The third-order valence-corrected chi connectivity index (χ3v) is 1.97. The molecule has 3 nitrogen and oxygen atoms in total. The Morgan fingerprint density at radius 3 is 2.73 bits per heavy atom. The lowest BCUT2D eigenvalue weighted by Gasteiger charge is -2.05. The first kappa shape index (κ1) is 9.82. The van der Waals surface area contributed by atoms with Gasteiger partial charge >= 0.3 is 6.18 Å². The summed E-state index contributed by atoms with van der Waals surface area (Å²) >= 11 is 0. The second kappa shape index (κ2) is 3.15. The molecule has 0 saturated heterocycles. The number of hydrogen-bond acceptors (Lipinski definition) is 3. The van der Waals surface area contributed by atoms with E-state index >= 15 is 0 Å². The molecule has 1 aromatic heterocycles. The van der Waals surface area contributed by atoms with Crippen LogP contribution in [-0.2, 0) is 6.42 Å². The van der Waals surface area contributed by atoms with Gasteiger partial charge in [-0.25, -0.2) is 0 Å². The Morgan fingerprint density at radius 2 is 2.07 bits per heavy atom. The van der Waals surface area contributed by atoms with E-state index in [1.54, 1.807) is 0 Å². The molecular formula is C9H7F3N2O. The molecule has 0 spiro atoms. The summed E-state index contributed by atoms with van der Waals surface area (Å²) < 4.78 is 41.1. The number of alkyl halides is 3. The maximum atomic E-state index is 12.1. The van der Waals surface area contributed by atoms with E-state index < -0.39 is 12.6 Å². The van der Waals surface area contributed by atoms with Gasteiger partial charge in [0.25, 0.3) is 0 Å². The van der Waals surface area contributed by atoms with Crippen molar-refractivity contribution in [2.45, 2.75) is 12.6 Å². The van der Waals surface area contributed by atoms with Gasteiger partial charge < -0.3 is 10.3 Å². The summed E-state index contributed by atoms with van der Waals surface area (Å²) in [5.41, 5.74) is 5.95. The highest BCUT2D eigenvalue weighted by atomic mass is 19.4. The number of hydrogen-bond donors (Lipinski definition) is 1. The van der Waals surface area contributed by atoms with Gasteiger partial charge in [0.05, 0.1) is 11.8 Å². The summed E-state index contributed by atoms with van der Waals surface area (Å²) in [6.45, 7) is 0. The topological polar surface area (TPSA) is 52.0 Å². The van der Waals surface area contributed by atoms with Gasteiger partial charge in [-0.05, 0) is 17.7 Å². The minimum Gasteiger partial charge on any atom is -0.380 e. The van der Waals surface area contributed by atoms with Crippen LogP contribution in [0, 0.1) is 0 Å². The Balaban J connectivity index is 2.42. The van der Waals surface area contributed by atoms with Crippen LogP contribution in [0.2, 0.25) is 0 Å². The van der Waals surface area contributed by atoms with Crippen LogP contribution in [0.1, 0.15) is 5.56 Å². The molecule has 1 aromatic carbocycles. The smallest absolute Gasteiger partial charge is 0.380 e. The van der Waals surface area contributed by atoms with Crippen LogP contribution in [0.25, 0.3) is 11.0 Å². The first-order valence-electron chi connectivity index (χ1n) is 4.16. The molecule has 2 aromatic rings. The van der Waals surface area contributed by atoms with Crippen molar-refractivity contribution in [3.63, 3.8) is 0 Å². The average molecular weight is 216 g/mol. The Kier molecular flexibility index (Phi) is 2.06. The highest BCUT2D eigenvalue weighted by Crippen LogP contribution is 2.26. The largest absolute Gasteiger partial charge is 0.393 e. The first-order valence-corrected chi connectivity index (χ1v) is 4.16. The third-order valence-electron chi connectivity index (χ3n) is 1.97. The van der Waals surface area contributed by atoms with Crippen LogP contribution in [0.15, 0.2) is 22.7 Å². The SMILES string of the molecule is Nc1noc2ccc(CC(F)(F)F)cc12.